The Labute approximate surface area is 180 Å². The molecular formula is C22H25ClN2O5. The predicted octanol–water partition coefficient (Wildman–Crippen LogP) is 3.51. The van der Waals surface area contributed by atoms with Gasteiger partial charge < -0.3 is 14.8 Å². The van der Waals surface area contributed by atoms with Crippen molar-refractivity contribution in [2.24, 2.45) is 0 Å². The highest BCUT2D eigenvalue weighted by Crippen LogP contribution is 2.13. The number of methoxy groups -OCH3 is 1. The number of hydrogen-bond donors (Lipinski definition) is 3. The minimum absolute atomic E-state index is 0.0478. The molecule has 3 N–H and O–H groups in total. The summed E-state index contributed by atoms with van der Waals surface area (Å²) in [5.74, 6) is -0.809. The molecule has 30 heavy (non-hydrogen) atoms. The fourth-order valence-corrected chi connectivity index (χ4v) is 2.74. The number of carbonyl (C=O) groups is 2. The lowest BCUT2D eigenvalue weighted by Crippen LogP contribution is -2.39. The van der Waals surface area contributed by atoms with Crippen LogP contribution in [-0.2, 0) is 14.3 Å². The molecule has 2 amide bonds. The van der Waals surface area contributed by atoms with Crippen molar-refractivity contribution in [1.82, 2.24) is 10.8 Å². The van der Waals surface area contributed by atoms with Gasteiger partial charge >= 0.3 is 0 Å². The van der Waals surface area contributed by atoms with Crippen LogP contribution in [0.15, 0.2) is 48.5 Å². The number of nitrogens with one attached hydrogen (secondary N) is 2. The number of amides is 2. The summed E-state index contributed by atoms with van der Waals surface area (Å²) in [6.45, 7) is 0.257. The molecule has 0 bridgehead atoms. The Kier molecular flexibility index (Phi) is 10.0. The van der Waals surface area contributed by atoms with Crippen molar-refractivity contribution in [1.29, 1.82) is 0 Å². The minimum Gasteiger partial charge on any atom is -0.359 e. The molecule has 0 aliphatic heterocycles. The molecule has 0 heterocycles. The first-order chi connectivity index (χ1) is 14.5. The van der Waals surface area contributed by atoms with Gasteiger partial charge in [-0.05, 0) is 41.8 Å². The summed E-state index contributed by atoms with van der Waals surface area (Å²) in [6.07, 6.45) is 4.26. The van der Waals surface area contributed by atoms with E-state index in [9.17, 15) is 9.59 Å². The maximum atomic E-state index is 12.5. The smallest absolute Gasteiger partial charge is 0.251 e. The maximum Gasteiger partial charge on any atom is 0.251 e. The number of benzene rings is 2. The highest BCUT2D eigenvalue weighted by atomic mass is 35.5. The van der Waals surface area contributed by atoms with E-state index in [0.717, 1.165) is 11.1 Å². The molecule has 8 heteroatoms. The molecule has 2 rings (SSSR count). The van der Waals surface area contributed by atoms with E-state index in [2.05, 4.69) is 5.32 Å². The number of hydroxylamine groups is 1. The van der Waals surface area contributed by atoms with Crippen LogP contribution in [0.1, 0.15) is 34.3 Å². The fraction of sp³-hybridized carbons (Fsp3) is 0.273. The molecule has 0 fully saturated rings. The Bertz CT molecular complexity index is 838. The van der Waals surface area contributed by atoms with Crippen molar-refractivity contribution in [2.75, 3.05) is 20.5 Å². The maximum absolute atomic E-state index is 12.5. The highest BCUT2D eigenvalue weighted by Gasteiger charge is 2.16. The SMILES string of the molecule is COCOC[C@H](CCC(=O)NO)NC(=O)c1ccc(C=Cc2ccc(Cl)cc2)cc1. The lowest BCUT2D eigenvalue weighted by Gasteiger charge is -2.18. The molecule has 2 aromatic carbocycles. The van der Waals surface area contributed by atoms with Crippen molar-refractivity contribution in [3.8, 4) is 0 Å². The van der Waals surface area contributed by atoms with Gasteiger partial charge in [0.1, 0.15) is 6.79 Å². The van der Waals surface area contributed by atoms with Crippen LogP contribution in [0.25, 0.3) is 12.2 Å². The van der Waals surface area contributed by atoms with Gasteiger partial charge in [0.05, 0.1) is 12.6 Å². The predicted molar refractivity (Wildman–Crippen MR) is 115 cm³/mol. The number of hydrogen-bond acceptors (Lipinski definition) is 5. The second kappa shape index (κ2) is 12.8. The van der Waals surface area contributed by atoms with Gasteiger partial charge in [-0.3, -0.25) is 14.8 Å². The first-order valence-corrected chi connectivity index (χ1v) is 9.74. The second-order valence-electron chi connectivity index (χ2n) is 6.53. The quantitative estimate of drug-likeness (QED) is 0.166. The van der Waals surface area contributed by atoms with Crippen LogP contribution in [0, 0.1) is 0 Å². The molecule has 0 unspecified atom stereocenters. The van der Waals surface area contributed by atoms with Crippen molar-refractivity contribution in [3.05, 3.63) is 70.2 Å². The van der Waals surface area contributed by atoms with Gasteiger partial charge in [-0.2, -0.15) is 0 Å². The summed E-state index contributed by atoms with van der Waals surface area (Å²) in [4.78, 5) is 23.8. The third-order valence-corrected chi connectivity index (χ3v) is 4.46. The fourth-order valence-electron chi connectivity index (χ4n) is 2.61. The molecule has 0 saturated heterocycles. The molecule has 0 aromatic heterocycles. The van der Waals surface area contributed by atoms with Crippen LogP contribution in [-0.4, -0.2) is 43.6 Å². The number of rotatable bonds is 11. The molecule has 0 aliphatic rings. The standard InChI is InChI=1S/C22H25ClN2O5/c1-29-15-30-14-20(12-13-21(26)25-28)24-22(27)18-8-4-16(5-9-18)2-3-17-6-10-19(23)11-7-17/h2-11,20,28H,12-15H2,1H3,(H,24,27)(H,25,26)/t20-/m0/s1. The Morgan fingerprint density at radius 3 is 2.23 bits per heavy atom. The third-order valence-electron chi connectivity index (χ3n) is 4.21. The van der Waals surface area contributed by atoms with Gasteiger partial charge in [-0.25, -0.2) is 5.48 Å². The van der Waals surface area contributed by atoms with E-state index in [-0.39, 0.29) is 25.7 Å². The van der Waals surface area contributed by atoms with Crippen LogP contribution < -0.4 is 10.8 Å². The second-order valence-corrected chi connectivity index (χ2v) is 6.96. The van der Waals surface area contributed by atoms with Crippen molar-refractivity contribution in [3.63, 3.8) is 0 Å². The molecule has 0 aliphatic carbocycles. The van der Waals surface area contributed by atoms with E-state index in [1.54, 1.807) is 17.6 Å². The van der Waals surface area contributed by atoms with E-state index >= 15 is 0 Å². The van der Waals surface area contributed by atoms with Crippen LogP contribution in [0.3, 0.4) is 0 Å². The van der Waals surface area contributed by atoms with Crippen molar-refractivity contribution >= 4 is 35.6 Å². The van der Waals surface area contributed by atoms with E-state index in [4.69, 9.17) is 26.3 Å². The third kappa shape index (κ3) is 8.34. The largest absolute Gasteiger partial charge is 0.359 e. The monoisotopic (exact) mass is 432 g/mol. The Morgan fingerprint density at radius 1 is 1.07 bits per heavy atom. The number of carbonyl (C=O) groups excluding carboxylic acids is 2. The van der Waals surface area contributed by atoms with Crippen LogP contribution in [0.4, 0.5) is 0 Å². The summed E-state index contributed by atoms with van der Waals surface area (Å²) >= 11 is 5.88. The molecule has 2 aromatic rings. The molecule has 0 spiro atoms. The minimum atomic E-state index is -0.530. The first kappa shape index (κ1) is 23.6. The average Bonchev–Trinajstić information content (AvgIpc) is 2.77. The molecule has 0 saturated carbocycles. The van der Waals surface area contributed by atoms with E-state index in [1.165, 1.54) is 7.11 Å². The van der Waals surface area contributed by atoms with Crippen molar-refractivity contribution in [2.45, 2.75) is 18.9 Å². The first-order valence-electron chi connectivity index (χ1n) is 9.36. The summed E-state index contributed by atoms with van der Waals surface area (Å²) in [5.41, 5.74) is 4.03. The van der Waals surface area contributed by atoms with E-state index in [0.29, 0.717) is 17.0 Å². The van der Waals surface area contributed by atoms with Gasteiger partial charge in [0.25, 0.3) is 5.91 Å². The lowest BCUT2D eigenvalue weighted by atomic mass is 10.1. The molecule has 1 atom stereocenters. The number of ether oxygens (including phenoxy) is 2. The van der Waals surface area contributed by atoms with Crippen molar-refractivity contribution < 1.29 is 24.3 Å². The van der Waals surface area contributed by atoms with Crippen LogP contribution >= 0.6 is 11.6 Å². The Morgan fingerprint density at radius 2 is 1.67 bits per heavy atom. The van der Waals surface area contributed by atoms with E-state index in [1.807, 2.05) is 48.6 Å². The zero-order chi connectivity index (χ0) is 21.8. The zero-order valence-electron chi connectivity index (χ0n) is 16.6. The van der Waals surface area contributed by atoms with Gasteiger partial charge in [0.15, 0.2) is 0 Å². The van der Waals surface area contributed by atoms with Crippen LogP contribution in [0.5, 0.6) is 0 Å². The summed E-state index contributed by atoms with van der Waals surface area (Å²) in [5, 5.41) is 12.2. The molecule has 160 valence electrons. The van der Waals surface area contributed by atoms with Gasteiger partial charge in [-0.15, -0.1) is 0 Å². The molecular weight excluding hydrogens is 408 g/mol. The lowest BCUT2D eigenvalue weighted by molar-refractivity contribution is -0.129. The van der Waals surface area contributed by atoms with E-state index < -0.39 is 11.9 Å². The van der Waals surface area contributed by atoms with Gasteiger partial charge in [-0.1, -0.05) is 48.0 Å². The zero-order valence-corrected chi connectivity index (χ0v) is 17.4. The molecule has 7 nitrogen and oxygen atoms in total. The van der Waals surface area contributed by atoms with Crippen LogP contribution in [0.2, 0.25) is 5.02 Å². The summed E-state index contributed by atoms with van der Waals surface area (Å²) < 4.78 is 10.1. The number of halogens is 1. The van der Waals surface area contributed by atoms with Gasteiger partial charge in [0, 0.05) is 24.1 Å². The molecule has 0 radical (unpaired) electrons. The topological polar surface area (TPSA) is 96.9 Å². The average molecular weight is 433 g/mol. The Balaban J connectivity index is 1.96. The van der Waals surface area contributed by atoms with Gasteiger partial charge in [0.2, 0.25) is 5.91 Å². The summed E-state index contributed by atoms with van der Waals surface area (Å²) in [6, 6.07) is 14.2. The normalized spacial score (nSPS) is 12.0. The Hall–Kier alpha value is -2.71. The summed E-state index contributed by atoms with van der Waals surface area (Å²) in [7, 11) is 1.50. The highest BCUT2D eigenvalue weighted by molar-refractivity contribution is 6.30.